The van der Waals surface area contributed by atoms with E-state index in [9.17, 15) is 14.0 Å². The summed E-state index contributed by atoms with van der Waals surface area (Å²) in [5.74, 6) is -0.269. The fourth-order valence-electron chi connectivity index (χ4n) is 4.02. The second-order valence-corrected chi connectivity index (χ2v) is 7.26. The molecule has 4 rings (SSSR count). The molecule has 6 nitrogen and oxygen atoms in total. The van der Waals surface area contributed by atoms with E-state index < -0.39 is 0 Å². The van der Waals surface area contributed by atoms with Crippen molar-refractivity contribution in [3.63, 3.8) is 0 Å². The number of carbonyl (C=O) groups excluding carboxylic acids is 2. The van der Waals surface area contributed by atoms with Gasteiger partial charge in [-0.15, -0.1) is 0 Å². The summed E-state index contributed by atoms with van der Waals surface area (Å²) in [5.41, 5.74) is 0.477. The molecule has 3 saturated heterocycles. The van der Waals surface area contributed by atoms with E-state index in [1.807, 2.05) is 0 Å². The zero-order valence-corrected chi connectivity index (χ0v) is 14.5. The molecule has 0 saturated carbocycles. The number of piperidine rings is 1. The molecule has 1 aromatic carbocycles. The van der Waals surface area contributed by atoms with Gasteiger partial charge >= 0.3 is 0 Å². The van der Waals surface area contributed by atoms with Crippen LogP contribution in [0.4, 0.5) is 4.39 Å². The van der Waals surface area contributed by atoms with E-state index in [1.54, 1.807) is 4.90 Å². The molecule has 0 spiro atoms. The van der Waals surface area contributed by atoms with Gasteiger partial charge in [0.1, 0.15) is 5.82 Å². The van der Waals surface area contributed by atoms with Crippen molar-refractivity contribution in [3.05, 3.63) is 35.6 Å². The summed E-state index contributed by atoms with van der Waals surface area (Å²) < 4.78 is 24.1. The summed E-state index contributed by atoms with van der Waals surface area (Å²) in [7, 11) is 0. The van der Waals surface area contributed by atoms with E-state index in [0.29, 0.717) is 51.3 Å². The van der Waals surface area contributed by atoms with Gasteiger partial charge in [-0.2, -0.15) is 0 Å². The molecule has 1 N–H and O–H groups in total. The van der Waals surface area contributed by atoms with Crippen LogP contribution < -0.4 is 5.32 Å². The highest BCUT2D eigenvalue weighted by atomic mass is 19.1. The van der Waals surface area contributed by atoms with Crippen LogP contribution in [-0.2, 0) is 14.3 Å². The van der Waals surface area contributed by atoms with Gasteiger partial charge in [0, 0.05) is 30.5 Å². The lowest BCUT2D eigenvalue weighted by Gasteiger charge is -2.32. The molecule has 140 valence electrons. The molecule has 3 atom stereocenters. The normalized spacial score (nSPS) is 28.8. The van der Waals surface area contributed by atoms with Gasteiger partial charge in [0.05, 0.1) is 32.0 Å². The monoisotopic (exact) mass is 362 g/mol. The quantitative estimate of drug-likeness (QED) is 0.878. The van der Waals surface area contributed by atoms with Crippen LogP contribution in [0.3, 0.4) is 0 Å². The van der Waals surface area contributed by atoms with Gasteiger partial charge in [-0.1, -0.05) is 0 Å². The average Bonchev–Trinajstić information content (AvgIpc) is 3.27. The number of amides is 2. The van der Waals surface area contributed by atoms with Gasteiger partial charge in [0.15, 0.2) is 0 Å². The number of benzene rings is 1. The summed E-state index contributed by atoms with van der Waals surface area (Å²) in [5, 5.41) is 3.11. The van der Waals surface area contributed by atoms with E-state index in [4.69, 9.17) is 9.47 Å². The van der Waals surface area contributed by atoms with Crippen LogP contribution in [0.2, 0.25) is 0 Å². The molecular weight excluding hydrogens is 339 g/mol. The summed E-state index contributed by atoms with van der Waals surface area (Å²) in [6.07, 6.45) is 1.38. The Morgan fingerprint density at radius 1 is 1.08 bits per heavy atom. The second-order valence-electron chi connectivity index (χ2n) is 7.26. The van der Waals surface area contributed by atoms with Gasteiger partial charge < -0.3 is 19.7 Å². The zero-order chi connectivity index (χ0) is 18.1. The van der Waals surface area contributed by atoms with Crippen LogP contribution in [0.5, 0.6) is 0 Å². The maximum Gasteiger partial charge on any atom is 0.253 e. The maximum atomic E-state index is 13.0. The largest absolute Gasteiger partial charge is 0.378 e. The highest BCUT2D eigenvalue weighted by Crippen LogP contribution is 2.28. The fraction of sp³-hybridized carbons (Fsp3) is 0.579. The predicted octanol–water partition coefficient (Wildman–Crippen LogP) is 1.21. The molecule has 3 aliphatic rings. The smallest absolute Gasteiger partial charge is 0.253 e. The number of nitrogens with one attached hydrogen (secondary N) is 1. The Balaban J connectivity index is 1.28. The number of hydrogen-bond donors (Lipinski definition) is 1. The lowest BCUT2D eigenvalue weighted by molar-refractivity contribution is -0.127. The van der Waals surface area contributed by atoms with Crippen molar-refractivity contribution in [2.24, 2.45) is 11.8 Å². The molecule has 0 aromatic heterocycles. The number of carbonyl (C=O) groups is 2. The van der Waals surface area contributed by atoms with Crippen molar-refractivity contribution < 1.29 is 23.5 Å². The third-order valence-corrected chi connectivity index (χ3v) is 5.65. The average molecular weight is 362 g/mol. The standard InChI is InChI=1S/C19H23FN2O4/c20-14-3-1-13(2-4-14)19(24)22-7-5-12(6-8-22)18(23)21-16-10-26-17-11-25-9-15(16)17/h1-4,12,15-17H,5-11H2,(H,21,23)/t15-,16+,17-/m0/s1. The van der Waals surface area contributed by atoms with Crippen LogP contribution in [0, 0.1) is 17.7 Å². The van der Waals surface area contributed by atoms with Crippen molar-refractivity contribution in [2.45, 2.75) is 25.0 Å². The summed E-state index contributed by atoms with van der Waals surface area (Å²) >= 11 is 0. The molecular formula is C19H23FN2O4. The number of fused-ring (bicyclic) bond motifs is 1. The molecule has 26 heavy (non-hydrogen) atoms. The van der Waals surface area contributed by atoms with Gasteiger partial charge in [-0.3, -0.25) is 9.59 Å². The first-order valence-corrected chi connectivity index (χ1v) is 9.16. The van der Waals surface area contributed by atoms with Gasteiger partial charge in [0.25, 0.3) is 5.91 Å². The van der Waals surface area contributed by atoms with Crippen molar-refractivity contribution in [2.75, 3.05) is 32.9 Å². The molecule has 3 aliphatic heterocycles. The van der Waals surface area contributed by atoms with Gasteiger partial charge in [0.2, 0.25) is 5.91 Å². The third kappa shape index (κ3) is 3.46. The zero-order valence-electron chi connectivity index (χ0n) is 14.5. The molecule has 3 fully saturated rings. The number of rotatable bonds is 3. The summed E-state index contributed by atoms with van der Waals surface area (Å²) in [6, 6.07) is 5.59. The van der Waals surface area contributed by atoms with Crippen molar-refractivity contribution in [1.82, 2.24) is 10.2 Å². The molecule has 3 heterocycles. The fourth-order valence-corrected chi connectivity index (χ4v) is 4.02. The Hall–Kier alpha value is -1.99. The Kier molecular flexibility index (Phi) is 4.91. The number of ether oxygens (including phenoxy) is 2. The number of likely N-dealkylation sites (tertiary alicyclic amines) is 1. The number of hydrogen-bond acceptors (Lipinski definition) is 4. The Morgan fingerprint density at radius 3 is 2.54 bits per heavy atom. The molecule has 7 heteroatoms. The number of halogens is 1. The van der Waals surface area contributed by atoms with E-state index in [0.717, 1.165) is 0 Å². The molecule has 0 radical (unpaired) electrons. The first-order valence-electron chi connectivity index (χ1n) is 9.16. The Morgan fingerprint density at radius 2 is 1.81 bits per heavy atom. The van der Waals surface area contributed by atoms with Crippen molar-refractivity contribution >= 4 is 11.8 Å². The van der Waals surface area contributed by atoms with Crippen LogP contribution in [0.25, 0.3) is 0 Å². The lowest BCUT2D eigenvalue weighted by Crippen LogP contribution is -2.47. The van der Waals surface area contributed by atoms with Crippen molar-refractivity contribution in [1.29, 1.82) is 0 Å². The van der Waals surface area contributed by atoms with Gasteiger partial charge in [-0.25, -0.2) is 4.39 Å². The van der Waals surface area contributed by atoms with Crippen LogP contribution in [-0.4, -0.2) is 61.8 Å². The third-order valence-electron chi connectivity index (χ3n) is 5.65. The highest BCUT2D eigenvalue weighted by Gasteiger charge is 2.42. The SMILES string of the molecule is O=C(N[C@@H]1CO[C@H]2COC[C@H]21)C1CCN(C(=O)c2ccc(F)cc2)CC1. The molecule has 2 amide bonds. The second kappa shape index (κ2) is 7.32. The van der Waals surface area contributed by atoms with E-state index in [2.05, 4.69) is 5.32 Å². The highest BCUT2D eigenvalue weighted by molar-refractivity contribution is 5.94. The molecule has 0 unspecified atom stereocenters. The first-order chi connectivity index (χ1) is 12.6. The minimum atomic E-state index is -0.359. The number of nitrogens with zero attached hydrogens (tertiary/aromatic N) is 1. The van der Waals surface area contributed by atoms with Crippen LogP contribution in [0.1, 0.15) is 23.2 Å². The van der Waals surface area contributed by atoms with E-state index >= 15 is 0 Å². The Bertz CT molecular complexity index is 673. The lowest BCUT2D eigenvalue weighted by atomic mass is 9.93. The minimum absolute atomic E-state index is 0.0221. The predicted molar refractivity (Wildman–Crippen MR) is 91.0 cm³/mol. The topological polar surface area (TPSA) is 67.9 Å². The molecule has 0 aliphatic carbocycles. The molecule has 0 bridgehead atoms. The Labute approximate surface area is 151 Å². The van der Waals surface area contributed by atoms with E-state index in [-0.39, 0.29) is 41.6 Å². The van der Waals surface area contributed by atoms with Gasteiger partial charge in [-0.05, 0) is 37.1 Å². The van der Waals surface area contributed by atoms with E-state index in [1.165, 1.54) is 24.3 Å². The molecule has 1 aromatic rings. The first kappa shape index (κ1) is 17.4. The minimum Gasteiger partial charge on any atom is -0.378 e. The van der Waals surface area contributed by atoms with Crippen LogP contribution in [0.15, 0.2) is 24.3 Å². The summed E-state index contributed by atoms with van der Waals surface area (Å²) in [4.78, 5) is 26.8. The van der Waals surface area contributed by atoms with Crippen LogP contribution >= 0.6 is 0 Å². The maximum absolute atomic E-state index is 13.0. The summed E-state index contributed by atoms with van der Waals surface area (Å²) in [6.45, 7) is 2.86. The van der Waals surface area contributed by atoms with Crippen molar-refractivity contribution in [3.8, 4) is 0 Å².